The van der Waals surface area contributed by atoms with Crippen molar-refractivity contribution in [1.82, 2.24) is 0 Å². The van der Waals surface area contributed by atoms with Gasteiger partial charge in [-0.3, -0.25) is 0 Å². The fourth-order valence-corrected chi connectivity index (χ4v) is 3.71. The molecule has 1 aliphatic rings. The lowest BCUT2D eigenvalue weighted by molar-refractivity contribution is 0.297. The Bertz CT molecular complexity index is 661. The minimum Gasteiger partial charge on any atom is -0.490 e. The van der Waals surface area contributed by atoms with Crippen molar-refractivity contribution in [3.63, 3.8) is 0 Å². The van der Waals surface area contributed by atoms with Crippen LogP contribution in [0.5, 0.6) is 11.5 Å². The Morgan fingerprint density at radius 1 is 1.05 bits per heavy atom. The van der Waals surface area contributed by atoms with E-state index < -0.39 is 0 Å². The first-order chi connectivity index (χ1) is 10.1. The largest absolute Gasteiger partial charge is 0.490 e. The molecule has 0 aromatic heterocycles. The molecule has 2 aromatic carbocycles. The third-order valence-corrected chi connectivity index (χ3v) is 5.12. The van der Waals surface area contributed by atoms with Gasteiger partial charge in [-0.2, -0.15) is 0 Å². The normalized spacial score (nSPS) is 15.4. The molecule has 0 amide bonds. The van der Waals surface area contributed by atoms with E-state index in [4.69, 9.17) is 21.1 Å². The van der Waals surface area contributed by atoms with E-state index in [1.54, 1.807) is 0 Å². The van der Waals surface area contributed by atoms with Crippen LogP contribution in [-0.2, 0) is 0 Å². The molecule has 2 aromatic rings. The number of hydrogen-bond acceptors (Lipinski definition) is 2. The quantitative estimate of drug-likeness (QED) is 0.563. The number of hydrogen-bond donors (Lipinski definition) is 0. The SMILES string of the molecule is Clc1cc2c(cc1C(Br)c1cccc(Br)c1)OCCCO2. The molecule has 1 aliphatic heterocycles. The maximum atomic E-state index is 6.42. The van der Waals surface area contributed by atoms with Crippen LogP contribution in [0.4, 0.5) is 0 Å². The van der Waals surface area contributed by atoms with Crippen molar-refractivity contribution in [1.29, 1.82) is 0 Å². The van der Waals surface area contributed by atoms with E-state index in [1.807, 2.05) is 24.3 Å². The number of rotatable bonds is 2. The Balaban J connectivity index is 2.00. The van der Waals surface area contributed by atoms with Gasteiger partial charge in [0.2, 0.25) is 0 Å². The molecule has 21 heavy (non-hydrogen) atoms. The van der Waals surface area contributed by atoms with Gasteiger partial charge in [0.05, 0.1) is 18.0 Å². The van der Waals surface area contributed by atoms with Gasteiger partial charge in [-0.05, 0) is 29.3 Å². The van der Waals surface area contributed by atoms with Crippen LogP contribution in [0.1, 0.15) is 22.4 Å². The third kappa shape index (κ3) is 3.38. The van der Waals surface area contributed by atoms with Gasteiger partial charge in [0.15, 0.2) is 11.5 Å². The van der Waals surface area contributed by atoms with Crippen molar-refractivity contribution in [3.8, 4) is 11.5 Å². The Morgan fingerprint density at radius 3 is 2.48 bits per heavy atom. The second-order valence-electron chi connectivity index (χ2n) is 4.79. The highest BCUT2D eigenvalue weighted by molar-refractivity contribution is 9.10. The van der Waals surface area contributed by atoms with Gasteiger partial charge in [-0.1, -0.05) is 55.6 Å². The van der Waals surface area contributed by atoms with E-state index in [1.165, 1.54) is 0 Å². The molecule has 1 heterocycles. The van der Waals surface area contributed by atoms with E-state index in [-0.39, 0.29) is 4.83 Å². The number of alkyl halides is 1. The standard InChI is InChI=1S/C16H13Br2ClO2/c17-11-4-1-3-10(7-11)16(18)12-8-14-15(9-13(12)19)21-6-2-5-20-14/h1,3-4,7-9,16H,2,5-6H2. The number of ether oxygens (including phenoxy) is 2. The minimum absolute atomic E-state index is 0.000321. The highest BCUT2D eigenvalue weighted by Gasteiger charge is 2.19. The molecule has 0 N–H and O–H groups in total. The molecule has 0 saturated carbocycles. The number of halogens is 3. The van der Waals surface area contributed by atoms with Crippen LogP contribution in [0.3, 0.4) is 0 Å². The summed E-state index contributed by atoms with van der Waals surface area (Å²) in [6.07, 6.45) is 0.880. The summed E-state index contributed by atoms with van der Waals surface area (Å²) in [4.78, 5) is -0.000321. The predicted molar refractivity (Wildman–Crippen MR) is 92.0 cm³/mol. The van der Waals surface area contributed by atoms with Gasteiger partial charge in [0.1, 0.15) is 0 Å². The van der Waals surface area contributed by atoms with Crippen LogP contribution in [0.15, 0.2) is 40.9 Å². The summed E-state index contributed by atoms with van der Waals surface area (Å²) < 4.78 is 12.4. The van der Waals surface area contributed by atoms with Gasteiger partial charge in [-0.15, -0.1) is 0 Å². The van der Waals surface area contributed by atoms with E-state index in [2.05, 4.69) is 44.0 Å². The molecule has 5 heteroatoms. The molecule has 0 spiro atoms. The van der Waals surface area contributed by atoms with Crippen molar-refractivity contribution in [2.45, 2.75) is 11.2 Å². The monoisotopic (exact) mass is 430 g/mol. The van der Waals surface area contributed by atoms with Gasteiger partial charge >= 0.3 is 0 Å². The molecule has 0 saturated heterocycles. The second-order valence-corrected chi connectivity index (χ2v) is 7.03. The zero-order valence-corrected chi connectivity index (χ0v) is 15.0. The van der Waals surface area contributed by atoms with E-state index in [0.717, 1.165) is 33.5 Å². The first-order valence-electron chi connectivity index (χ1n) is 6.64. The zero-order chi connectivity index (χ0) is 14.8. The van der Waals surface area contributed by atoms with E-state index in [9.17, 15) is 0 Å². The van der Waals surface area contributed by atoms with Crippen LogP contribution in [0.2, 0.25) is 5.02 Å². The lowest BCUT2D eigenvalue weighted by Crippen LogP contribution is -1.98. The predicted octanol–water partition coefficient (Wildman–Crippen LogP) is 5.75. The highest BCUT2D eigenvalue weighted by Crippen LogP contribution is 2.42. The van der Waals surface area contributed by atoms with Crippen molar-refractivity contribution in [2.24, 2.45) is 0 Å². The van der Waals surface area contributed by atoms with Crippen LogP contribution in [-0.4, -0.2) is 13.2 Å². The van der Waals surface area contributed by atoms with Gasteiger partial charge in [0.25, 0.3) is 0 Å². The van der Waals surface area contributed by atoms with Gasteiger partial charge in [0, 0.05) is 22.0 Å². The molecule has 0 radical (unpaired) electrons. The summed E-state index contributed by atoms with van der Waals surface area (Å²) in [5.41, 5.74) is 2.10. The molecule has 3 rings (SSSR count). The molecule has 110 valence electrons. The molecule has 1 atom stereocenters. The molecule has 0 bridgehead atoms. The zero-order valence-electron chi connectivity index (χ0n) is 11.1. The van der Waals surface area contributed by atoms with Gasteiger partial charge in [-0.25, -0.2) is 0 Å². The van der Waals surface area contributed by atoms with E-state index >= 15 is 0 Å². The average molecular weight is 433 g/mol. The lowest BCUT2D eigenvalue weighted by Gasteiger charge is -2.16. The fraction of sp³-hybridized carbons (Fsp3) is 0.250. The van der Waals surface area contributed by atoms with Crippen molar-refractivity contribution in [3.05, 3.63) is 57.0 Å². The van der Waals surface area contributed by atoms with Crippen molar-refractivity contribution >= 4 is 43.5 Å². The number of benzene rings is 2. The fourth-order valence-electron chi connectivity index (χ4n) is 2.24. The van der Waals surface area contributed by atoms with Crippen LogP contribution < -0.4 is 9.47 Å². The summed E-state index contributed by atoms with van der Waals surface area (Å²) in [5, 5.41) is 0.668. The van der Waals surface area contributed by atoms with Crippen molar-refractivity contribution < 1.29 is 9.47 Å². The number of fused-ring (bicyclic) bond motifs is 1. The summed E-state index contributed by atoms with van der Waals surface area (Å²) in [6, 6.07) is 11.9. The van der Waals surface area contributed by atoms with Crippen molar-refractivity contribution in [2.75, 3.05) is 13.2 Å². The Morgan fingerprint density at radius 2 is 1.76 bits per heavy atom. The molecular formula is C16H13Br2ClO2. The second kappa shape index (κ2) is 6.59. The maximum Gasteiger partial charge on any atom is 0.162 e. The first-order valence-corrected chi connectivity index (χ1v) is 8.72. The first kappa shape index (κ1) is 15.2. The smallest absolute Gasteiger partial charge is 0.162 e. The summed E-state index contributed by atoms with van der Waals surface area (Å²) in [7, 11) is 0. The molecule has 1 unspecified atom stereocenters. The molecule has 0 aliphatic carbocycles. The van der Waals surface area contributed by atoms with Crippen LogP contribution in [0, 0.1) is 0 Å². The Kier molecular flexibility index (Phi) is 4.77. The molecule has 0 fully saturated rings. The third-order valence-electron chi connectivity index (χ3n) is 3.28. The molecular weight excluding hydrogens is 419 g/mol. The van der Waals surface area contributed by atoms with Crippen LogP contribution in [0.25, 0.3) is 0 Å². The van der Waals surface area contributed by atoms with E-state index in [0.29, 0.717) is 18.2 Å². The Labute approximate surface area is 145 Å². The van der Waals surface area contributed by atoms with Crippen LogP contribution >= 0.6 is 43.5 Å². The lowest BCUT2D eigenvalue weighted by atomic mass is 10.0. The topological polar surface area (TPSA) is 18.5 Å². The maximum absolute atomic E-state index is 6.42. The van der Waals surface area contributed by atoms with Gasteiger partial charge < -0.3 is 9.47 Å². The Hall–Kier alpha value is -0.710. The summed E-state index contributed by atoms with van der Waals surface area (Å²) in [5.74, 6) is 1.47. The molecule has 2 nitrogen and oxygen atoms in total. The average Bonchev–Trinajstić information content (AvgIpc) is 2.70. The minimum atomic E-state index is -0.000321. The summed E-state index contributed by atoms with van der Waals surface area (Å²) >= 11 is 13.6. The summed E-state index contributed by atoms with van der Waals surface area (Å²) in [6.45, 7) is 1.32. The highest BCUT2D eigenvalue weighted by atomic mass is 79.9.